The fourth-order valence-electron chi connectivity index (χ4n) is 2.08. The molecule has 0 aromatic carbocycles. The van der Waals surface area contributed by atoms with Gasteiger partial charge in [0, 0.05) is 0 Å². The van der Waals surface area contributed by atoms with E-state index in [0.717, 1.165) is 11.8 Å². The fraction of sp³-hybridized carbons (Fsp3) is 0.364. The maximum Gasteiger partial charge on any atom is 0.328 e. The van der Waals surface area contributed by atoms with Crippen LogP contribution in [0.15, 0.2) is 20.0 Å². The SMILES string of the molecule is CCC1(SC2=NC=NC3=NC=NC32)C(=O)NC(=O)NC1=O. The Bertz CT molecular complexity index is 645. The summed E-state index contributed by atoms with van der Waals surface area (Å²) in [6.45, 7) is 1.69. The number of urea groups is 1. The fourth-order valence-corrected chi connectivity index (χ4v) is 3.25. The number of amidine groups is 1. The molecule has 0 spiro atoms. The number of carbonyl (C=O) groups excluding carboxylic acids is 3. The van der Waals surface area contributed by atoms with E-state index in [9.17, 15) is 14.4 Å². The third-order valence-electron chi connectivity index (χ3n) is 3.22. The van der Waals surface area contributed by atoms with Gasteiger partial charge in [-0.25, -0.2) is 19.8 Å². The highest BCUT2D eigenvalue weighted by Crippen LogP contribution is 2.35. The van der Waals surface area contributed by atoms with Crippen LogP contribution in [0.3, 0.4) is 0 Å². The number of hydrogen-bond acceptors (Lipinski definition) is 8. The highest BCUT2D eigenvalue weighted by atomic mass is 32.2. The summed E-state index contributed by atoms with van der Waals surface area (Å²) in [5.74, 6) is -0.852. The molecule has 4 amide bonds. The van der Waals surface area contributed by atoms with Gasteiger partial charge in [-0.1, -0.05) is 18.7 Å². The van der Waals surface area contributed by atoms with E-state index in [1.807, 2.05) is 0 Å². The molecule has 1 saturated heterocycles. The maximum absolute atomic E-state index is 12.2. The Kier molecular flexibility index (Phi) is 3.16. The molecule has 0 aliphatic carbocycles. The quantitative estimate of drug-likeness (QED) is 0.666. The zero-order chi connectivity index (χ0) is 15.0. The molecular weight excluding hydrogens is 296 g/mol. The van der Waals surface area contributed by atoms with Crippen molar-refractivity contribution in [3.05, 3.63) is 0 Å². The summed E-state index contributed by atoms with van der Waals surface area (Å²) < 4.78 is -1.46. The van der Waals surface area contributed by atoms with Gasteiger partial charge in [0.2, 0.25) is 0 Å². The summed E-state index contributed by atoms with van der Waals surface area (Å²) in [6.07, 6.45) is 2.86. The van der Waals surface area contributed by atoms with Crippen molar-refractivity contribution >= 4 is 53.2 Å². The number of carbonyl (C=O) groups is 3. The second-order valence-corrected chi connectivity index (χ2v) is 5.71. The Balaban J connectivity index is 1.92. The van der Waals surface area contributed by atoms with Crippen LogP contribution >= 0.6 is 11.8 Å². The number of hydrogen-bond donors (Lipinski definition) is 2. The number of nitrogens with zero attached hydrogens (tertiary/aromatic N) is 4. The van der Waals surface area contributed by atoms with Crippen molar-refractivity contribution in [3.63, 3.8) is 0 Å². The summed E-state index contributed by atoms with van der Waals surface area (Å²) in [5.41, 5.74) is 0. The average Bonchev–Trinajstić information content (AvgIpc) is 2.92. The normalized spacial score (nSPS) is 26.0. The standard InChI is InChI=1S/C11H10N6O3S/c1-2-11(8(18)16-10(20)17-9(11)19)21-7-5-6(13-3-12-5)14-4-15-7/h3-5H,2H2,1H3,(H2,16,17,18,19,20). The van der Waals surface area contributed by atoms with Crippen molar-refractivity contribution in [2.75, 3.05) is 0 Å². The molecule has 1 fully saturated rings. The van der Waals surface area contributed by atoms with Crippen molar-refractivity contribution < 1.29 is 14.4 Å². The van der Waals surface area contributed by atoms with Gasteiger partial charge in [0.05, 0.1) is 0 Å². The molecular formula is C11H10N6O3S. The molecule has 0 bridgehead atoms. The van der Waals surface area contributed by atoms with E-state index < -0.39 is 28.6 Å². The summed E-state index contributed by atoms with van der Waals surface area (Å²) in [4.78, 5) is 51.7. The minimum atomic E-state index is -1.46. The molecule has 3 heterocycles. The maximum atomic E-state index is 12.2. The first kappa shape index (κ1) is 13.6. The molecule has 1 unspecified atom stereocenters. The molecule has 3 aliphatic rings. The van der Waals surface area contributed by atoms with Crippen molar-refractivity contribution in [2.45, 2.75) is 24.1 Å². The van der Waals surface area contributed by atoms with Gasteiger partial charge in [0.1, 0.15) is 17.7 Å². The first-order valence-electron chi connectivity index (χ1n) is 6.12. The average molecular weight is 306 g/mol. The molecule has 0 aromatic heterocycles. The summed E-state index contributed by atoms with van der Waals surface area (Å²) in [5, 5.41) is 4.67. The van der Waals surface area contributed by atoms with Crippen LogP contribution in [0.5, 0.6) is 0 Å². The minimum Gasteiger partial charge on any atom is -0.276 e. The highest BCUT2D eigenvalue weighted by Gasteiger charge is 2.52. The van der Waals surface area contributed by atoms with Gasteiger partial charge in [-0.3, -0.25) is 25.2 Å². The third-order valence-corrected chi connectivity index (χ3v) is 4.77. The van der Waals surface area contributed by atoms with Gasteiger partial charge in [0.15, 0.2) is 16.6 Å². The first-order valence-corrected chi connectivity index (χ1v) is 6.94. The lowest BCUT2D eigenvalue weighted by Gasteiger charge is -2.33. The van der Waals surface area contributed by atoms with Gasteiger partial charge in [-0.2, -0.15) is 0 Å². The lowest BCUT2D eigenvalue weighted by Crippen LogP contribution is -2.65. The van der Waals surface area contributed by atoms with Gasteiger partial charge >= 0.3 is 6.03 Å². The molecule has 10 heteroatoms. The lowest BCUT2D eigenvalue weighted by molar-refractivity contribution is -0.133. The number of fused-ring (bicyclic) bond motifs is 1. The van der Waals surface area contributed by atoms with Gasteiger partial charge in [0.25, 0.3) is 11.8 Å². The molecule has 0 saturated carbocycles. The molecule has 1 atom stereocenters. The van der Waals surface area contributed by atoms with Crippen LogP contribution in [0.2, 0.25) is 0 Å². The van der Waals surface area contributed by atoms with Crippen LogP contribution in [-0.4, -0.2) is 52.2 Å². The highest BCUT2D eigenvalue weighted by molar-refractivity contribution is 8.16. The number of aliphatic imine (C=N–C) groups is 4. The lowest BCUT2D eigenvalue weighted by atomic mass is 10.0. The predicted octanol–water partition coefficient (Wildman–Crippen LogP) is -0.516. The Morgan fingerprint density at radius 1 is 1.19 bits per heavy atom. The van der Waals surface area contributed by atoms with Gasteiger partial charge in [-0.15, -0.1) is 0 Å². The first-order chi connectivity index (χ1) is 10.1. The number of rotatable bonds is 2. The molecule has 2 N–H and O–H groups in total. The van der Waals surface area contributed by atoms with Crippen molar-refractivity contribution in [2.24, 2.45) is 20.0 Å². The number of imide groups is 2. The zero-order valence-electron chi connectivity index (χ0n) is 10.9. The molecule has 0 radical (unpaired) electrons. The van der Waals surface area contributed by atoms with E-state index in [-0.39, 0.29) is 6.42 Å². The summed E-state index contributed by atoms with van der Waals surface area (Å²) in [6, 6.07) is -1.32. The van der Waals surface area contributed by atoms with E-state index in [0.29, 0.717) is 10.9 Å². The molecule has 3 rings (SSSR count). The molecule has 21 heavy (non-hydrogen) atoms. The number of amides is 4. The number of thioether (sulfide) groups is 1. The van der Waals surface area contributed by atoms with E-state index in [1.54, 1.807) is 6.92 Å². The van der Waals surface area contributed by atoms with Gasteiger partial charge < -0.3 is 0 Å². The van der Waals surface area contributed by atoms with E-state index in [2.05, 4.69) is 30.6 Å². The van der Waals surface area contributed by atoms with Crippen LogP contribution in [0.1, 0.15) is 13.3 Å². The van der Waals surface area contributed by atoms with Crippen molar-refractivity contribution in [1.82, 2.24) is 10.6 Å². The van der Waals surface area contributed by atoms with Crippen molar-refractivity contribution in [3.8, 4) is 0 Å². The second-order valence-electron chi connectivity index (χ2n) is 4.39. The Labute approximate surface area is 123 Å². The summed E-state index contributed by atoms with van der Waals surface area (Å²) >= 11 is 0.971. The van der Waals surface area contributed by atoms with Crippen LogP contribution in [-0.2, 0) is 9.59 Å². The van der Waals surface area contributed by atoms with Crippen LogP contribution in [0.25, 0.3) is 0 Å². The molecule has 0 aromatic rings. The Hall–Kier alpha value is -2.36. The van der Waals surface area contributed by atoms with Crippen molar-refractivity contribution in [1.29, 1.82) is 0 Å². The van der Waals surface area contributed by atoms with E-state index in [4.69, 9.17) is 0 Å². The molecule has 108 valence electrons. The smallest absolute Gasteiger partial charge is 0.276 e. The molecule has 9 nitrogen and oxygen atoms in total. The molecule has 3 aliphatic heterocycles. The zero-order valence-corrected chi connectivity index (χ0v) is 11.7. The van der Waals surface area contributed by atoms with E-state index in [1.165, 1.54) is 12.7 Å². The topological polar surface area (TPSA) is 125 Å². The van der Waals surface area contributed by atoms with E-state index >= 15 is 0 Å². The Morgan fingerprint density at radius 3 is 2.57 bits per heavy atom. The number of nitrogens with one attached hydrogen (secondary N) is 2. The summed E-state index contributed by atoms with van der Waals surface area (Å²) in [7, 11) is 0. The Morgan fingerprint density at radius 2 is 1.90 bits per heavy atom. The minimum absolute atomic E-state index is 0.196. The monoisotopic (exact) mass is 306 g/mol. The van der Waals surface area contributed by atoms with Gasteiger partial charge in [-0.05, 0) is 6.42 Å². The predicted molar refractivity (Wildman–Crippen MR) is 77.9 cm³/mol. The largest absolute Gasteiger partial charge is 0.328 e. The van der Waals surface area contributed by atoms with Crippen LogP contribution in [0.4, 0.5) is 4.79 Å². The second kappa shape index (κ2) is 4.88. The van der Waals surface area contributed by atoms with Crippen LogP contribution < -0.4 is 10.6 Å². The third kappa shape index (κ3) is 2.07. The van der Waals surface area contributed by atoms with Crippen LogP contribution in [0, 0.1) is 0 Å². The number of barbiturate groups is 1.